The Morgan fingerprint density at radius 1 is 1.00 bits per heavy atom. The molecule has 5 rings (SSSR count). The maximum absolute atomic E-state index is 13.3. The van der Waals surface area contributed by atoms with Gasteiger partial charge in [-0.2, -0.15) is 0 Å². The number of anilines is 2. The number of nitrogens with zero attached hydrogens (tertiary/aromatic N) is 6. The summed E-state index contributed by atoms with van der Waals surface area (Å²) in [6, 6.07) is 10.7. The van der Waals surface area contributed by atoms with Crippen molar-refractivity contribution in [2.24, 2.45) is 0 Å². The van der Waals surface area contributed by atoms with E-state index in [-0.39, 0.29) is 5.82 Å². The third-order valence-corrected chi connectivity index (χ3v) is 6.00. The van der Waals surface area contributed by atoms with E-state index in [0.29, 0.717) is 18.5 Å². The first-order chi connectivity index (χ1) is 16.2. The van der Waals surface area contributed by atoms with E-state index in [4.69, 9.17) is 4.98 Å². The Hall–Kier alpha value is -3.59. The van der Waals surface area contributed by atoms with E-state index in [9.17, 15) is 4.39 Å². The fraction of sp³-hybridized carbons (Fsp3) is 0.333. The summed E-state index contributed by atoms with van der Waals surface area (Å²) in [6.07, 6.45) is 9.16. The molecule has 1 fully saturated rings. The summed E-state index contributed by atoms with van der Waals surface area (Å²) in [5.41, 5.74) is 2.89. The highest BCUT2D eigenvalue weighted by Crippen LogP contribution is 2.23. The molecule has 170 valence electrons. The number of rotatable bonds is 8. The zero-order valence-corrected chi connectivity index (χ0v) is 18.4. The van der Waals surface area contributed by atoms with Gasteiger partial charge in [0.25, 0.3) is 0 Å². The number of pyridine rings is 1. The van der Waals surface area contributed by atoms with Crippen LogP contribution < -0.4 is 10.6 Å². The Labute approximate surface area is 191 Å². The topological polar surface area (TPSA) is 83.8 Å². The summed E-state index contributed by atoms with van der Waals surface area (Å²) in [5, 5.41) is 6.93. The van der Waals surface area contributed by atoms with E-state index >= 15 is 0 Å². The summed E-state index contributed by atoms with van der Waals surface area (Å²) in [7, 11) is 0. The lowest BCUT2D eigenvalue weighted by Gasteiger charge is -2.32. The maximum atomic E-state index is 13.3. The van der Waals surface area contributed by atoms with Gasteiger partial charge >= 0.3 is 0 Å². The molecule has 0 unspecified atom stereocenters. The zero-order chi connectivity index (χ0) is 22.5. The summed E-state index contributed by atoms with van der Waals surface area (Å²) < 4.78 is 15.5. The number of aromatic nitrogens is 5. The number of nitrogens with one attached hydrogen (secondary N) is 2. The minimum absolute atomic E-state index is 0.229. The van der Waals surface area contributed by atoms with Crippen molar-refractivity contribution in [3.8, 4) is 0 Å². The van der Waals surface area contributed by atoms with Crippen molar-refractivity contribution >= 4 is 22.9 Å². The lowest BCUT2D eigenvalue weighted by atomic mass is 10.1. The number of likely N-dealkylation sites (tertiary alicyclic amines) is 1. The van der Waals surface area contributed by atoms with Crippen molar-refractivity contribution in [3.05, 3.63) is 72.6 Å². The number of halogens is 1. The molecule has 1 aliphatic heterocycles. The van der Waals surface area contributed by atoms with Crippen LogP contribution in [0.25, 0.3) is 11.0 Å². The predicted molar refractivity (Wildman–Crippen MR) is 127 cm³/mol. The summed E-state index contributed by atoms with van der Waals surface area (Å²) >= 11 is 0. The monoisotopic (exact) mass is 446 g/mol. The standard InChI is InChI=1S/C24H27FN8/c25-19-4-2-18(3-5-19)17-33-22-16-26-11-6-21(22)31-24(33)30-20-7-13-32(14-8-20)15-12-29-23-27-9-1-10-28-23/h1-6,9-11,16,20H,7-8,12-15,17H2,(H,30,31)(H,27,28,29). The van der Waals surface area contributed by atoms with Crippen molar-refractivity contribution in [1.82, 2.24) is 29.4 Å². The molecule has 9 heteroatoms. The first-order valence-electron chi connectivity index (χ1n) is 11.3. The average molecular weight is 447 g/mol. The van der Waals surface area contributed by atoms with Crippen LogP contribution in [0.15, 0.2) is 61.2 Å². The van der Waals surface area contributed by atoms with Crippen molar-refractivity contribution in [3.63, 3.8) is 0 Å². The van der Waals surface area contributed by atoms with E-state index in [2.05, 4.69) is 35.1 Å². The number of piperidine rings is 1. The van der Waals surface area contributed by atoms with Crippen molar-refractivity contribution in [1.29, 1.82) is 0 Å². The second kappa shape index (κ2) is 9.91. The molecular formula is C24H27FN8. The Morgan fingerprint density at radius 3 is 2.58 bits per heavy atom. The molecule has 0 bridgehead atoms. The van der Waals surface area contributed by atoms with Gasteiger partial charge in [-0.25, -0.2) is 19.3 Å². The molecule has 33 heavy (non-hydrogen) atoms. The van der Waals surface area contributed by atoms with Gasteiger partial charge in [-0.15, -0.1) is 0 Å². The van der Waals surface area contributed by atoms with Crippen LogP contribution >= 0.6 is 0 Å². The van der Waals surface area contributed by atoms with Crippen LogP contribution in [0.5, 0.6) is 0 Å². The van der Waals surface area contributed by atoms with Crippen LogP contribution in [0, 0.1) is 5.82 Å². The predicted octanol–water partition coefficient (Wildman–Crippen LogP) is 3.40. The number of fused-ring (bicyclic) bond motifs is 1. The molecule has 0 radical (unpaired) electrons. The number of imidazole rings is 1. The molecule has 0 atom stereocenters. The number of hydrogen-bond acceptors (Lipinski definition) is 7. The molecule has 1 aromatic carbocycles. The van der Waals surface area contributed by atoms with Gasteiger partial charge in [-0.05, 0) is 42.7 Å². The summed E-state index contributed by atoms with van der Waals surface area (Å²) in [5.74, 6) is 1.28. The van der Waals surface area contributed by atoms with Gasteiger partial charge in [-0.3, -0.25) is 4.98 Å². The maximum Gasteiger partial charge on any atom is 0.222 e. The Morgan fingerprint density at radius 2 is 1.79 bits per heavy atom. The van der Waals surface area contributed by atoms with Gasteiger partial charge in [0, 0.05) is 50.8 Å². The molecule has 3 aromatic heterocycles. The highest BCUT2D eigenvalue weighted by molar-refractivity contribution is 5.77. The zero-order valence-electron chi connectivity index (χ0n) is 18.4. The van der Waals surface area contributed by atoms with Crippen LogP contribution in [0.4, 0.5) is 16.3 Å². The van der Waals surface area contributed by atoms with Crippen LogP contribution in [-0.4, -0.2) is 61.6 Å². The van der Waals surface area contributed by atoms with Gasteiger partial charge in [-0.1, -0.05) is 12.1 Å². The first kappa shape index (κ1) is 21.3. The van der Waals surface area contributed by atoms with Crippen LogP contribution in [-0.2, 0) is 6.54 Å². The molecule has 0 spiro atoms. The molecule has 0 saturated carbocycles. The van der Waals surface area contributed by atoms with Gasteiger partial charge in [0.05, 0.1) is 23.8 Å². The molecule has 8 nitrogen and oxygen atoms in total. The molecule has 2 N–H and O–H groups in total. The molecular weight excluding hydrogens is 419 g/mol. The van der Waals surface area contributed by atoms with E-state index < -0.39 is 0 Å². The number of hydrogen-bond donors (Lipinski definition) is 2. The quantitative estimate of drug-likeness (QED) is 0.429. The summed E-state index contributed by atoms with van der Waals surface area (Å²) in [6.45, 7) is 4.43. The fourth-order valence-electron chi connectivity index (χ4n) is 4.21. The number of benzene rings is 1. The fourth-order valence-corrected chi connectivity index (χ4v) is 4.21. The van der Waals surface area contributed by atoms with Crippen LogP contribution in [0.1, 0.15) is 18.4 Å². The highest BCUT2D eigenvalue weighted by Gasteiger charge is 2.21. The molecule has 4 heterocycles. The van der Waals surface area contributed by atoms with Gasteiger partial charge < -0.3 is 20.1 Å². The minimum atomic E-state index is -0.229. The van der Waals surface area contributed by atoms with Crippen LogP contribution in [0.3, 0.4) is 0 Å². The van der Waals surface area contributed by atoms with Gasteiger partial charge in [0.2, 0.25) is 11.9 Å². The van der Waals surface area contributed by atoms with E-state index in [1.165, 1.54) is 12.1 Å². The van der Waals surface area contributed by atoms with Crippen molar-refractivity contribution in [2.45, 2.75) is 25.4 Å². The smallest absolute Gasteiger partial charge is 0.222 e. The average Bonchev–Trinajstić information content (AvgIpc) is 3.19. The Balaban J connectivity index is 1.20. The molecule has 1 saturated heterocycles. The van der Waals surface area contributed by atoms with Crippen LogP contribution in [0.2, 0.25) is 0 Å². The molecule has 0 aliphatic carbocycles. The summed E-state index contributed by atoms with van der Waals surface area (Å²) in [4.78, 5) is 20.0. The second-order valence-electron chi connectivity index (χ2n) is 8.27. The van der Waals surface area contributed by atoms with E-state index in [0.717, 1.165) is 61.6 Å². The lowest BCUT2D eigenvalue weighted by molar-refractivity contribution is 0.226. The largest absolute Gasteiger partial charge is 0.353 e. The van der Waals surface area contributed by atoms with Gasteiger partial charge in [0.15, 0.2) is 0 Å². The Kier molecular flexibility index (Phi) is 6.39. The molecule has 0 amide bonds. The van der Waals surface area contributed by atoms with E-state index in [1.807, 2.05) is 30.5 Å². The first-order valence-corrected chi connectivity index (χ1v) is 11.3. The SMILES string of the molecule is Fc1ccc(Cn2c(NC3CCN(CCNc4ncccn4)CC3)nc3ccncc32)cc1. The minimum Gasteiger partial charge on any atom is -0.353 e. The van der Waals surface area contributed by atoms with Crippen molar-refractivity contribution in [2.75, 3.05) is 36.8 Å². The molecule has 1 aliphatic rings. The molecule has 4 aromatic rings. The lowest BCUT2D eigenvalue weighted by Crippen LogP contribution is -2.41. The Bertz CT molecular complexity index is 1170. The normalized spacial score (nSPS) is 15.1. The second-order valence-corrected chi connectivity index (χ2v) is 8.27. The third-order valence-electron chi connectivity index (χ3n) is 6.00. The van der Waals surface area contributed by atoms with Gasteiger partial charge in [0.1, 0.15) is 5.82 Å². The van der Waals surface area contributed by atoms with E-state index in [1.54, 1.807) is 18.6 Å². The highest BCUT2D eigenvalue weighted by atomic mass is 19.1. The van der Waals surface area contributed by atoms with Crippen molar-refractivity contribution < 1.29 is 4.39 Å². The third kappa shape index (κ3) is 5.25.